The molecule has 12 heteroatoms. The zero-order valence-electron chi connectivity index (χ0n) is 24.1. The van der Waals surface area contributed by atoms with Crippen molar-refractivity contribution in [2.24, 2.45) is 17.0 Å². The Morgan fingerprint density at radius 2 is 1.71 bits per heavy atom. The number of carboxylic acid groups (broad SMARTS) is 1. The third-order valence-corrected chi connectivity index (χ3v) is 9.76. The van der Waals surface area contributed by atoms with Gasteiger partial charge in [0.05, 0.1) is 23.3 Å². The summed E-state index contributed by atoms with van der Waals surface area (Å²) in [5, 5.41) is 37.7. The van der Waals surface area contributed by atoms with Crippen molar-refractivity contribution in [1.29, 1.82) is 0 Å². The lowest BCUT2D eigenvalue weighted by Crippen LogP contribution is -2.57. The second-order valence-corrected chi connectivity index (χ2v) is 12.9. The summed E-state index contributed by atoms with van der Waals surface area (Å²) in [4.78, 5) is 24.8. The average molecular weight is 603 g/mol. The Balaban J connectivity index is 1.91. The Hall–Kier alpha value is -3.48. The van der Waals surface area contributed by atoms with Crippen molar-refractivity contribution in [3.8, 4) is 0 Å². The monoisotopic (exact) mass is 602 g/mol. The van der Waals surface area contributed by atoms with Gasteiger partial charge >= 0.3 is 6.09 Å². The predicted molar refractivity (Wildman–Crippen MR) is 159 cm³/mol. The SMILES string of the molecule is CC[C@H](C)[C@H](NC(=O)O)C(=O)N[C@@H](Cc1ccccc1)[C@H](O)CN(CC1CCCC1)S(=O)(=O)c1ccc(C=NO)cc1. The second-order valence-electron chi connectivity index (χ2n) is 11.0. The molecular weight excluding hydrogens is 560 g/mol. The predicted octanol–water partition coefficient (Wildman–Crippen LogP) is 3.45. The van der Waals surface area contributed by atoms with Gasteiger partial charge < -0.3 is 26.1 Å². The number of nitrogens with zero attached hydrogens (tertiary/aromatic N) is 2. The molecule has 2 aromatic rings. The van der Waals surface area contributed by atoms with E-state index >= 15 is 0 Å². The van der Waals surface area contributed by atoms with Crippen LogP contribution in [0.25, 0.3) is 0 Å². The van der Waals surface area contributed by atoms with Gasteiger partial charge in [-0.15, -0.1) is 0 Å². The first-order valence-corrected chi connectivity index (χ1v) is 15.8. The van der Waals surface area contributed by atoms with Crippen molar-refractivity contribution >= 4 is 28.2 Å². The third kappa shape index (κ3) is 9.27. The van der Waals surface area contributed by atoms with Crippen molar-refractivity contribution in [3.63, 3.8) is 0 Å². The highest BCUT2D eigenvalue weighted by atomic mass is 32.2. The molecular formula is C30H42N4O7S. The second kappa shape index (κ2) is 15.7. The van der Waals surface area contributed by atoms with Crippen LogP contribution in [-0.4, -0.2) is 77.6 Å². The van der Waals surface area contributed by atoms with E-state index in [-0.39, 0.29) is 36.2 Å². The lowest BCUT2D eigenvalue weighted by Gasteiger charge is -2.32. The molecule has 1 saturated carbocycles. The third-order valence-electron chi connectivity index (χ3n) is 7.92. The van der Waals surface area contributed by atoms with E-state index in [0.29, 0.717) is 12.0 Å². The summed E-state index contributed by atoms with van der Waals surface area (Å²) < 4.78 is 29.0. The molecule has 1 fully saturated rings. The lowest BCUT2D eigenvalue weighted by atomic mass is 9.96. The van der Waals surface area contributed by atoms with Crippen molar-refractivity contribution in [1.82, 2.24) is 14.9 Å². The fourth-order valence-corrected chi connectivity index (χ4v) is 6.82. The van der Waals surface area contributed by atoms with E-state index in [1.165, 1.54) is 34.8 Å². The highest BCUT2D eigenvalue weighted by Crippen LogP contribution is 2.28. The van der Waals surface area contributed by atoms with Gasteiger partial charge in [0, 0.05) is 13.1 Å². The lowest BCUT2D eigenvalue weighted by molar-refractivity contribution is -0.125. The Labute approximate surface area is 247 Å². The number of hydrogen-bond donors (Lipinski definition) is 5. The molecule has 4 atom stereocenters. The summed E-state index contributed by atoms with van der Waals surface area (Å²) in [5.41, 5.74) is 1.34. The summed E-state index contributed by atoms with van der Waals surface area (Å²) in [6, 6.07) is 13.2. The molecule has 0 radical (unpaired) electrons. The highest BCUT2D eigenvalue weighted by molar-refractivity contribution is 7.89. The van der Waals surface area contributed by atoms with E-state index in [0.717, 1.165) is 31.2 Å². The largest absolute Gasteiger partial charge is 0.465 e. The number of aliphatic hydroxyl groups is 1. The first kappa shape index (κ1) is 33.0. The van der Waals surface area contributed by atoms with Crippen LogP contribution in [0.4, 0.5) is 4.79 Å². The first-order valence-electron chi connectivity index (χ1n) is 14.3. The summed E-state index contributed by atoms with van der Waals surface area (Å²) in [6.07, 6.45) is 3.10. The first-order chi connectivity index (χ1) is 20.0. The molecule has 1 aliphatic rings. The van der Waals surface area contributed by atoms with E-state index in [1.54, 1.807) is 6.92 Å². The molecule has 0 bridgehead atoms. The number of carbonyl (C=O) groups is 2. The zero-order chi connectivity index (χ0) is 30.7. The molecule has 1 aliphatic carbocycles. The van der Waals surface area contributed by atoms with Crippen molar-refractivity contribution in [2.45, 2.75) is 75.5 Å². The van der Waals surface area contributed by atoms with Gasteiger partial charge in [0.1, 0.15) is 6.04 Å². The normalized spacial score (nSPS) is 17.1. The maximum atomic E-state index is 13.9. The molecule has 0 unspecified atom stereocenters. The minimum absolute atomic E-state index is 0.0360. The summed E-state index contributed by atoms with van der Waals surface area (Å²) in [6.45, 7) is 3.56. The molecule has 230 valence electrons. The summed E-state index contributed by atoms with van der Waals surface area (Å²) in [7, 11) is -4.04. The van der Waals surface area contributed by atoms with Gasteiger partial charge in [-0.1, -0.05) is 80.7 Å². The van der Waals surface area contributed by atoms with Crippen LogP contribution in [0.3, 0.4) is 0 Å². The Bertz CT molecular complexity index is 1280. The number of nitrogens with one attached hydrogen (secondary N) is 2. The molecule has 3 rings (SSSR count). The number of amides is 2. The minimum Gasteiger partial charge on any atom is -0.465 e. The van der Waals surface area contributed by atoms with Crippen LogP contribution in [0.1, 0.15) is 57.1 Å². The van der Waals surface area contributed by atoms with Crippen LogP contribution in [0.5, 0.6) is 0 Å². The molecule has 0 aromatic heterocycles. The maximum Gasteiger partial charge on any atom is 0.405 e. The molecule has 0 aliphatic heterocycles. The van der Waals surface area contributed by atoms with Crippen LogP contribution < -0.4 is 10.6 Å². The Morgan fingerprint density at radius 3 is 2.29 bits per heavy atom. The average Bonchev–Trinajstić information content (AvgIpc) is 3.49. The van der Waals surface area contributed by atoms with Gasteiger partial charge in [-0.25, -0.2) is 13.2 Å². The van der Waals surface area contributed by atoms with Crippen molar-refractivity contribution in [3.05, 3.63) is 65.7 Å². The zero-order valence-corrected chi connectivity index (χ0v) is 24.9. The summed E-state index contributed by atoms with van der Waals surface area (Å²) >= 11 is 0. The standard InChI is InChI=1S/C30H42N4O7S/c1-3-21(2)28(33-30(37)38)29(36)32-26(17-22-9-5-4-6-10-22)27(35)20-34(19-24-11-7-8-12-24)42(40,41)25-15-13-23(14-16-25)18-31-39/h4-6,9-10,13-16,18,21,24,26-28,33,35,39H,3,7-8,11-12,17,19-20H2,1-2H3,(H,32,36)(H,37,38)/t21-,26-,27+,28-/m0/s1. The van der Waals surface area contributed by atoms with Crippen LogP contribution in [0.2, 0.25) is 0 Å². The smallest absolute Gasteiger partial charge is 0.405 e. The van der Waals surface area contributed by atoms with E-state index in [1.807, 2.05) is 37.3 Å². The van der Waals surface area contributed by atoms with E-state index < -0.39 is 40.2 Å². The van der Waals surface area contributed by atoms with Gasteiger partial charge in [0.15, 0.2) is 0 Å². The topological polar surface area (TPSA) is 169 Å². The van der Waals surface area contributed by atoms with Crippen LogP contribution in [0, 0.1) is 11.8 Å². The van der Waals surface area contributed by atoms with Crippen LogP contribution in [0.15, 0.2) is 64.6 Å². The number of rotatable bonds is 15. The molecule has 0 spiro atoms. The van der Waals surface area contributed by atoms with Crippen LogP contribution >= 0.6 is 0 Å². The van der Waals surface area contributed by atoms with Gasteiger partial charge in [0.2, 0.25) is 15.9 Å². The van der Waals surface area contributed by atoms with Crippen molar-refractivity contribution < 1.29 is 33.4 Å². The fourth-order valence-electron chi connectivity index (χ4n) is 5.29. The van der Waals surface area contributed by atoms with Gasteiger partial charge in [-0.2, -0.15) is 4.31 Å². The number of sulfonamides is 1. The number of aliphatic hydroxyl groups excluding tert-OH is 1. The number of hydrogen-bond acceptors (Lipinski definition) is 7. The molecule has 5 N–H and O–H groups in total. The molecule has 42 heavy (non-hydrogen) atoms. The highest BCUT2D eigenvalue weighted by Gasteiger charge is 2.35. The maximum absolute atomic E-state index is 13.9. The number of oxime groups is 1. The molecule has 0 heterocycles. The van der Waals surface area contributed by atoms with E-state index in [2.05, 4.69) is 15.8 Å². The molecule has 2 amide bonds. The molecule has 11 nitrogen and oxygen atoms in total. The quantitative estimate of drug-likeness (QED) is 0.118. The molecule has 2 aromatic carbocycles. The number of benzene rings is 2. The van der Waals surface area contributed by atoms with Gasteiger partial charge in [-0.05, 0) is 54.4 Å². The minimum atomic E-state index is -4.04. The summed E-state index contributed by atoms with van der Waals surface area (Å²) in [5.74, 6) is -0.753. The Kier molecular flexibility index (Phi) is 12.3. The van der Waals surface area contributed by atoms with Crippen molar-refractivity contribution in [2.75, 3.05) is 13.1 Å². The van der Waals surface area contributed by atoms with E-state index in [4.69, 9.17) is 5.21 Å². The number of carbonyl (C=O) groups excluding carboxylic acids is 1. The van der Waals surface area contributed by atoms with Gasteiger partial charge in [-0.3, -0.25) is 4.79 Å². The molecule has 0 saturated heterocycles. The van der Waals surface area contributed by atoms with Gasteiger partial charge in [0.25, 0.3) is 0 Å². The fraction of sp³-hybridized carbons (Fsp3) is 0.500. The van der Waals surface area contributed by atoms with Crippen LogP contribution in [-0.2, 0) is 21.2 Å². The van der Waals surface area contributed by atoms with E-state index in [9.17, 15) is 28.2 Å². The Morgan fingerprint density at radius 1 is 1.07 bits per heavy atom.